The number of hydrogen-bond donors (Lipinski definition) is 1. The van der Waals surface area contributed by atoms with Crippen molar-refractivity contribution in [3.05, 3.63) is 29.3 Å². The van der Waals surface area contributed by atoms with Crippen molar-refractivity contribution < 1.29 is 13.2 Å². The molecule has 2 heterocycles. The largest absolute Gasteiger partial charge is 0.340 e. The molecule has 3 aliphatic rings. The molecule has 1 amide bonds. The third-order valence-electron chi connectivity index (χ3n) is 6.23. The fourth-order valence-corrected chi connectivity index (χ4v) is 5.96. The Bertz CT molecular complexity index is 801. The zero-order chi connectivity index (χ0) is 18.9. The van der Waals surface area contributed by atoms with Gasteiger partial charge in [0.2, 0.25) is 15.9 Å². The third-order valence-corrected chi connectivity index (χ3v) is 8.12. The lowest BCUT2D eigenvalue weighted by atomic mass is 10.0. The van der Waals surface area contributed by atoms with E-state index < -0.39 is 10.0 Å². The van der Waals surface area contributed by atoms with Gasteiger partial charge < -0.3 is 10.2 Å². The van der Waals surface area contributed by atoms with Gasteiger partial charge in [-0.3, -0.25) is 4.79 Å². The number of rotatable bonds is 5. The van der Waals surface area contributed by atoms with Crippen LogP contribution in [0.25, 0.3) is 0 Å². The van der Waals surface area contributed by atoms with Gasteiger partial charge in [0.25, 0.3) is 0 Å². The molecule has 2 saturated heterocycles. The number of aryl methyl sites for hydroxylation is 2. The lowest BCUT2D eigenvalue weighted by Crippen LogP contribution is -2.50. The van der Waals surface area contributed by atoms with Gasteiger partial charge in [0.05, 0.1) is 4.90 Å². The van der Waals surface area contributed by atoms with E-state index in [1.54, 1.807) is 6.07 Å². The van der Waals surface area contributed by atoms with Crippen LogP contribution in [0.4, 0.5) is 0 Å². The first-order valence-electron chi connectivity index (χ1n) is 10.1. The summed E-state index contributed by atoms with van der Waals surface area (Å²) in [4.78, 5) is 14.7. The second-order valence-corrected chi connectivity index (χ2v) is 9.90. The van der Waals surface area contributed by atoms with Gasteiger partial charge >= 0.3 is 0 Å². The normalized spacial score (nSPS) is 22.7. The maximum Gasteiger partial charge on any atom is 0.243 e. The van der Waals surface area contributed by atoms with E-state index in [9.17, 15) is 13.2 Å². The minimum atomic E-state index is -3.47. The van der Waals surface area contributed by atoms with Crippen molar-refractivity contribution >= 4 is 28.3 Å². The number of piperazine rings is 1. The third kappa shape index (κ3) is 4.53. The van der Waals surface area contributed by atoms with Crippen LogP contribution in [0.5, 0.6) is 0 Å². The SMILES string of the molecule is Cl.O=C(CCC1CCNC1)N1CCN(S(=O)(=O)c2ccc3c(c2)CCC3)CC1. The molecule has 6 nitrogen and oxygen atoms in total. The number of nitrogens with one attached hydrogen (secondary N) is 1. The molecule has 1 unspecified atom stereocenters. The molecule has 0 saturated carbocycles. The maximum absolute atomic E-state index is 13.0. The molecule has 1 aromatic carbocycles. The Morgan fingerprint density at radius 1 is 1.11 bits per heavy atom. The molecule has 1 atom stereocenters. The summed E-state index contributed by atoms with van der Waals surface area (Å²) in [7, 11) is -3.47. The summed E-state index contributed by atoms with van der Waals surface area (Å²) in [6.07, 6.45) is 5.78. The van der Waals surface area contributed by atoms with Crippen LogP contribution in [0.2, 0.25) is 0 Å². The van der Waals surface area contributed by atoms with Gasteiger partial charge in [-0.15, -0.1) is 12.4 Å². The fourth-order valence-electron chi connectivity index (χ4n) is 4.48. The summed E-state index contributed by atoms with van der Waals surface area (Å²) < 4.78 is 27.5. The Kier molecular flexibility index (Phi) is 7.02. The van der Waals surface area contributed by atoms with Crippen LogP contribution >= 0.6 is 12.4 Å². The molecule has 0 aromatic heterocycles. The molecule has 2 aliphatic heterocycles. The van der Waals surface area contributed by atoms with Crippen LogP contribution in [0.15, 0.2) is 23.1 Å². The predicted octanol–water partition coefficient (Wildman–Crippen LogP) is 1.82. The van der Waals surface area contributed by atoms with Gasteiger partial charge in [-0.2, -0.15) is 4.31 Å². The number of carbonyl (C=O) groups is 1. The Labute approximate surface area is 174 Å². The highest BCUT2D eigenvalue weighted by molar-refractivity contribution is 7.89. The van der Waals surface area contributed by atoms with Crippen molar-refractivity contribution in [2.45, 2.75) is 43.4 Å². The highest BCUT2D eigenvalue weighted by Gasteiger charge is 2.31. The molecule has 28 heavy (non-hydrogen) atoms. The Balaban J connectivity index is 0.00000225. The van der Waals surface area contributed by atoms with Crippen molar-refractivity contribution in [3.8, 4) is 0 Å². The second kappa shape index (κ2) is 9.11. The quantitative estimate of drug-likeness (QED) is 0.778. The molecule has 8 heteroatoms. The molecule has 0 bridgehead atoms. The van der Waals surface area contributed by atoms with Crippen molar-refractivity contribution in [2.24, 2.45) is 5.92 Å². The van der Waals surface area contributed by atoms with E-state index in [0.29, 0.717) is 43.4 Å². The Hall–Kier alpha value is -1.15. The van der Waals surface area contributed by atoms with Gasteiger partial charge in [0.1, 0.15) is 0 Å². The highest BCUT2D eigenvalue weighted by Crippen LogP contribution is 2.27. The molecule has 2 fully saturated rings. The van der Waals surface area contributed by atoms with E-state index in [-0.39, 0.29) is 18.3 Å². The van der Waals surface area contributed by atoms with Gasteiger partial charge in [-0.25, -0.2) is 8.42 Å². The number of amides is 1. The van der Waals surface area contributed by atoms with Crippen LogP contribution in [0.1, 0.15) is 36.8 Å². The van der Waals surface area contributed by atoms with E-state index >= 15 is 0 Å². The van der Waals surface area contributed by atoms with Gasteiger partial charge in [-0.05, 0) is 74.4 Å². The number of nitrogens with zero attached hydrogens (tertiary/aromatic N) is 2. The Morgan fingerprint density at radius 3 is 2.57 bits per heavy atom. The van der Waals surface area contributed by atoms with E-state index in [4.69, 9.17) is 0 Å². The fraction of sp³-hybridized carbons (Fsp3) is 0.650. The number of sulfonamides is 1. The first kappa shape index (κ1) is 21.6. The average Bonchev–Trinajstić information content (AvgIpc) is 3.37. The summed E-state index contributed by atoms with van der Waals surface area (Å²) in [6, 6.07) is 5.56. The number of halogens is 1. The lowest BCUT2D eigenvalue weighted by Gasteiger charge is -2.34. The van der Waals surface area contributed by atoms with Crippen LogP contribution < -0.4 is 5.32 Å². The minimum absolute atomic E-state index is 0. The summed E-state index contributed by atoms with van der Waals surface area (Å²) in [5.41, 5.74) is 2.45. The highest BCUT2D eigenvalue weighted by atomic mass is 35.5. The van der Waals surface area contributed by atoms with Crippen molar-refractivity contribution in [2.75, 3.05) is 39.3 Å². The average molecular weight is 428 g/mol. The molecular formula is C20H30ClN3O3S. The van der Waals surface area contributed by atoms with Gasteiger partial charge in [0.15, 0.2) is 0 Å². The molecule has 1 aromatic rings. The molecule has 1 N–H and O–H groups in total. The summed E-state index contributed by atoms with van der Waals surface area (Å²) in [6.45, 7) is 3.82. The molecular weight excluding hydrogens is 398 g/mol. The first-order chi connectivity index (χ1) is 13.0. The number of benzene rings is 1. The molecule has 0 radical (unpaired) electrons. The standard InChI is InChI=1S/C20H29N3O3S.ClH/c24-20(7-4-16-8-9-21-15-16)22-10-12-23(13-11-22)27(25,26)19-6-5-17-2-1-3-18(17)14-19;/h5-6,14,16,21H,1-4,7-13,15H2;1H. The van der Waals surface area contributed by atoms with E-state index in [2.05, 4.69) is 5.32 Å². The van der Waals surface area contributed by atoms with Crippen molar-refractivity contribution in [3.63, 3.8) is 0 Å². The molecule has 1 aliphatic carbocycles. The minimum Gasteiger partial charge on any atom is -0.340 e. The van der Waals surface area contributed by atoms with Crippen LogP contribution in [-0.2, 0) is 27.7 Å². The maximum atomic E-state index is 13.0. The van der Waals surface area contributed by atoms with Crippen LogP contribution in [0.3, 0.4) is 0 Å². The topological polar surface area (TPSA) is 69.7 Å². The number of hydrogen-bond acceptors (Lipinski definition) is 4. The monoisotopic (exact) mass is 427 g/mol. The summed E-state index contributed by atoms with van der Waals surface area (Å²) >= 11 is 0. The molecule has 4 rings (SSSR count). The van der Waals surface area contributed by atoms with Crippen LogP contribution in [-0.4, -0.2) is 62.8 Å². The number of carbonyl (C=O) groups excluding carboxylic acids is 1. The lowest BCUT2D eigenvalue weighted by molar-refractivity contribution is -0.132. The van der Waals surface area contributed by atoms with E-state index in [1.165, 1.54) is 15.4 Å². The second-order valence-electron chi connectivity index (χ2n) is 7.97. The van der Waals surface area contributed by atoms with E-state index in [0.717, 1.165) is 45.2 Å². The smallest absolute Gasteiger partial charge is 0.243 e. The van der Waals surface area contributed by atoms with Gasteiger partial charge in [0, 0.05) is 32.6 Å². The summed E-state index contributed by atoms with van der Waals surface area (Å²) in [5, 5.41) is 3.33. The van der Waals surface area contributed by atoms with Crippen LogP contribution in [0, 0.1) is 5.92 Å². The summed E-state index contributed by atoms with van der Waals surface area (Å²) in [5.74, 6) is 0.770. The first-order valence-corrected chi connectivity index (χ1v) is 11.6. The molecule has 156 valence electrons. The molecule has 0 spiro atoms. The zero-order valence-electron chi connectivity index (χ0n) is 16.2. The number of fused-ring (bicyclic) bond motifs is 1. The van der Waals surface area contributed by atoms with Gasteiger partial charge in [-0.1, -0.05) is 6.07 Å². The van der Waals surface area contributed by atoms with E-state index in [1.807, 2.05) is 17.0 Å². The van der Waals surface area contributed by atoms with Crippen molar-refractivity contribution in [1.82, 2.24) is 14.5 Å². The Morgan fingerprint density at radius 2 is 1.86 bits per heavy atom. The van der Waals surface area contributed by atoms with Crippen molar-refractivity contribution in [1.29, 1.82) is 0 Å². The predicted molar refractivity (Wildman–Crippen MR) is 111 cm³/mol. The zero-order valence-corrected chi connectivity index (χ0v) is 17.9.